The van der Waals surface area contributed by atoms with Crippen molar-refractivity contribution in [1.29, 1.82) is 0 Å². The van der Waals surface area contributed by atoms with Crippen LogP contribution in [0.2, 0.25) is 0 Å². The summed E-state index contributed by atoms with van der Waals surface area (Å²) in [5.74, 6) is 1.92. The first kappa shape index (κ1) is 12.4. The summed E-state index contributed by atoms with van der Waals surface area (Å²) in [7, 11) is 0. The van der Waals surface area contributed by atoms with E-state index in [-0.39, 0.29) is 0 Å². The van der Waals surface area contributed by atoms with Crippen LogP contribution in [0.25, 0.3) is 0 Å². The van der Waals surface area contributed by atoms with E-state index < -0.39 is 0 Å². The summed E-state index contributed by atoms with van der Waals surface area (Å²) in [6, 6.07) is 8.70. The number of rotatable bonds is 6. The second-order valence-corrected chi connectivity index (χ2v) is 4.90. The van der Waals surface area contributed by atoms with E-state index >= 15 is 0 Å². The predicted molar refractivity (Wildman–Crippen MR) is 71.4 cm³/mol. The second-order valence-electron chi connectivity index (χ2n) is 4.90. The van der Waals surface area contributed by atoms with Crippen LogP contribution in [-0.4, -0.2) is 13.2 Å². The summed E-state index contributed by atoms with van der Waals surface area (Å²) in [6.45, 7) is 6.12. The third kappa shape index (κ3) is 3.22. The second kappa shape index (κ2) is 6.06. The van der Waals surface area contributed by atoms with E-state index in [1.54, 1.807) is 0 Å². The molecule has 1 aromatic carbocycles. The van der Waals surface area contributed by atoms with Crippen LogP contribution in [0.5, 0.6) is 5.75 Å². The summed E-state index contributed by atoms with van der Waals surface area (Å²) in [5.41, 5.74) is 1.27. The van der Waals surface area contributed by atoms with Crippen LogP contribution >= 0.6 is 0 Å². The van der Waals surface area contributed by atoms with E-state index in [2.05, 4.69) is 30.4 Å². The summed E-state index contributed by atoms with van der Waals surface area (Å²) < 4.78 is 5.67. The minimum atomic E-state index is 0.373. The molecule has 0 saturated heterocycles. The van der Waals surface area contributed by atoms with E-state index in [9.17, 15) is 0 Å². The molecule has 0 aliphatic heterocycles. The van der Waals surface area contributed by atoms with Gasteiger partial charge in [0.1, 0.15) is 5.75 Å². The molecule has 0 amide bonds. The highest BCUT2D eigenvalue weighted by molar-refractivity contribution is 5.35. The molecule has 0 radical (unpaired) electrons. The Hall–Kier alpha value is -1.02. The van der Waals surface area contributed by atoms with Gasteiger partial charge in [0.15, 0.2) is 0 Å². The summed E-state index contributed by atoms with van der Waals surface area (Å²) in [6.07, 6.45) is 4.20. The lowest BCUT2D eigenvalue weighted by Gasteiger charge is -2.28. The van der Waals surface area contributed by atoms with Crippen LogP contribution in [0.4, 0.5) is 0 Å². The summed E-state index contributed by atoms with van der Waals surface area (Å²) >= 11 is 0. The van der Waals surface area contributed by atoms with Crippen LogP contribution in [0.1, 0.15) is 44.7 Å². The van der Waals surface area contributed by atoms with Crippen LogP contribution in [0, 0.1) is 5.92 Å². The molecular weight excluding hydrogens is 210 g/mol. The Kier molecular flexibility index (Phi) is 4.43. The van der Waals surface area contributed by atoms with Crippen molar-refractivity contribution < 1.29 is 4.74 Å². The minimum Gasteiger partial charge on any atom is -0.494 e. The van der Waals surface area contributed by atoms with Gasteiger partial charge in [-0.2, -0.15) is 0 Å². The zero-order chi connectivity index (χ0) is 12.1. The summed E-state index contributed by atoms with van der Waals surface area (Å²) in [4.78, 5) is 0. The highest BCUT2D eigenvalue weighted by Gasteiger charge is 2.18. The highest BCUT2D eigenvalue weighted by atomic mass is 16.5. The molecule has 0 bridgehead atoms. The van der Waals surface area contributed by atoms with Crippen LogP contribution in [0.3, 0.4) is 0 Å². The molecule has 1 aliphatic rings. The Balaban J connectivity index is 1.93. The van der Waals surface area contributed by atoms with Gasteiger partial charge < -0.3 is 10.1 Å². The smallest absolute Gasteiger partial charge is 0.124 e. The number of hydrogen-bond donors (Lipinski definition) is 1. The van der Waals surface area contributed by atoms with Gasteiger partial charge in [-0.05, 0) is 45.2 Å². The Morgan fingerprint density at radius 2 is 2.12 bits per heavy atom. The van der Waals surface area contributed by atoms with Gasteiger partial charge in [0, 0.05) is 11.6 Å². The van der Waals surface area contributed by atoms with Crippen molar-refractivity contribution >= 4 is 0 Å². The van der Waals surface area contributed by atoms with Gasteiger partial charge in [-0.15, -0.1) is 0 Å². The zero-order valence-corrected chi connectivity index (χ0v) is 10.9. The van der Waals surface area contributed by atoms with Crippen molar-refractivity contribution in [3.05, 3.63) is 29.8 Å². The lowest BCUT2D eigenvalue weighted by atomic mass is 9.85. The van der Waals surface area contributed by atoms with Crippen molar-refractivity contribution in [1.82, 2.24) is 5.32 Å². The lowest BCUT2D eigenvalue weighted by molar-refractivity contribution is 0.288. The number of ether oxygens (including phenoxy) is 1. The zero-order valence-electron chi connectivity index (χ0n) is 10.9. The average molecular weight is 233 g/mol. The van der Waals surface area contributed by atoms with Crippen molar-refractivity contribution in [2.24, 2.45) is 5.92 Å². The fraction of sp³-hybridized carbons (Fsp3) is 0.600. The molecule has 1 aromatic rings. The van der Waals surface area contributed by atoms with E-state index in [1.165, 1.54) is 24.8 Å². The fourth-order valence-corrected chi connectivity index (χ4v) is 2.28. The number of hydrogen-bond acceptors (Lipinski definition) is 2. The first-order valence-corrected chi connectivity index (χ1v) is 6.76. The Morgan fingerprint density at radius 3 is 2.76 bits per heavy atom. The van der Waals surface area contributed by atoms with E-state index in [4.69, 9.17) is 4.74 Å². The molecule has 0 spiro atoms. The molecule has 94 valence electrons. The topological polar surface area (TPSA) is 21.3 Å². The summed E-state index contributed by atoms with van der Waals surface area (Å²) in [5, 5.41) is 3.62. The standard InChI is InChI=1S/C15H23NO/c1-3-17-15-10-5-4-9-14(15)12(2)16-11-13-7-6-8-13/h4-5,9-10,12-13,16H,3,6-8,11H2,1-2H3. The molecule has 1 atom stereocenters. The number of para-hydroxylation sites is 1. The van der Waals surface area contributed by atoms with Crippen LogP contribution in [0.15, 0.2) is 24.3 Å². The normalized spacial score (nSPS) is 17.5. The molecule has 0 heterocycles. The molecule has 1 aliphatic carbocycles. The van der Waals surface area contributed by atoms with Gasteiger partial charge >= 0.3 is 0 Å². The van der Waals surface area contributed by atoms with Crippen LogP contribution in [-0.2, 0) is 0 Å². The molecule has 1 fully saturated rings. The Morgan fingerprint density at radius 1 is 1.35 bits per heavy atom. The minimum absolute atomic E-state index is 0.373. The third-order valence-electron chi connectivity index (χ3n) is 3.62. The highest BCUT2D eigenvalue weighted by Crippen LogP contribution is 2.28. The molecule has 2 nitrogen and oxygen atoms in total. The molecule has 2 heteroatoms. The lowest BCUT2D eigenvalue weighted by Crippen LogP contribution is -2.29. The molecule has 17 heavy (non-hydrogen) atoms. The molecule has 0 aromatic heterocycles. The van der Waals surface area contributed by atoms with Gasteiger partial charge in [-0.1, -0.05) is 24.6 Å². The molecule has 1 N–H and O–H groups in total. The SMILES string of the molecule is CCOc1ccccc1C(C)NCC1CCC1. The molecular formula is C15H23NO. The van der Waals surface area contributed by atoms with Gasteiger partial charge in [-0.3, -0.25) is 0 Å². The van der Waals surface area contributed by atoms with E-state index in [0.717, 1.165) is 24.8 Å². The third-order valence-corrected chi connectivity index (χ3v) is 3.62. The van der Waals surface area contributed by atoms with Crippen molar-refractivity contribution in [2.75, 3.05) is 13.2 Å². The van der Waals surface area contributed by atoms with Crippen molar-refractivity contribution in [3.63, 3.8) is 0 Å². The van der Waals surface area contributed by atoms with Gasteiger partial charge in [0.2, 0.25) is 0 Å². The van der Waals surface area contributed by atoms with Gasteiger partial charge in [0.25, 0.3) is 0 Å². The monoisotopic (exact) mass is 233 g/mol. The molecule has 2 rings (SSSR count). The quantitative estimate of drug-likeness (QED) is 0.811. The van der Waals surface area contributed by atoms with E-state index in [0.29, 0.717) is 6.04 Å². The van der Waals surface area contributed by atoms with Gasteiger partial charge in [-0.25, -0.2) is 0 Å². The maximum absolute atomic E-state index is 5.67. The predicted octanol–water partition coefficient (Wildman–Crippen LogP) is 3.54. The van der Waals surface area contributed by atoms with Crippen LogP contribution < -0.4 is 10.1 Å². The maximum atomic E-state index is 5.67. The largest absolute Gasteiger partial charge is 0.494 e. The first-order chi connectivity index (χ1) is 8.31. The maximum Gasteiger partial charge on any atom is 0.124 e. The van der Waals surface area contributed by atoms with E-state index in [1.807, 2.05) is 13.0 Å². The number of benzene rings is 1. The average Bonchev–Trinajstić information content (AvgIpc) is 2.28. The Labute approximate surface area is 104 Å². The molecule has 1 saturated carbocycles. The number of nitrogens with one attached hydrogen (secondary N) is 1. The van der Waals surface area contributed by atoms with Crippen molar-refractivity contribution in [3.8, 4) is 5.75 Å². The fourth-order valence-electron chi connectivity index (χ4n) is 2.28. The molecule has 1 unspecified atom stereocenters. The first-order valence-electron chi connectivity index (χ1n) is 6.76. The van der Waals surface area contributed by atoms with Crippen molar-refractivity contribution in [2.45, 2.75) is 39.2 Å². The van der Waals surface area contributed by atoms with Gasteiger partial charge in [0.05, 0.1) is 6.61 Å². The Bertz CT molecular complexity index is 347.